The van der Waals surface area contributed by atoms with E-state index >= 15 is 0 Å². The summed E-state index contributed by atoms with van der Waals surface area (Å²) in [5, 5.41) is 0. The first kappa shape index (κ1) is 15.5. The van der Waals surface area contributed by atoms with Gasteiger partial charge in [-0.05, 0) is 39.2 Å². The summed E-state index contributed by atoms with van der Waals surface area (Å²) >= 11 is 0. The van der Waals surface area contributed by atoms with Crippen LogP contribution in [0.3, 0.4) is 0 Å². The minimum atomic E-state index is 1.23. The molecule has 0 bridgehead atoms. The van der Waals surface area contributed by atoms with E-state index in [0.717, 1.165) is 0 Å². The Kier molecular flexibility index (Phi) is 6.95. The smallest absolute Gasteiger partial charge is 0.0279 e. The van der Waals surface area contributed by atoms with Gasteiger partial charge in [-0.15, -0.1) is 0 Å². The van der Waals surface area contributed by atoms with E-state index in [2.05, 4.69) is 76.2 Å². The summed E-state index contributed by atoms with van der Waals surface area (Å²) in [7, 11) is 0. The number of hydrogen-bond acceptors (Lipinski definition) is 0. The molecule has 2 rings (SSSR count). The van der Waals surface area contributed by atoms with Crippen molar-refractivity contribution < 1.29 is 0 Å². The first-order valence-corrected chi connectivity index (χ1v) is 7.20. The summed E-state index contributed by atoms with van der Waals surface area (Å²) in [6.45, 7) is 8.55. The highest BCUT2D eigenvalue weighted by Gasteiger charge is 1.90. The minimum absolute atomic E-state index is 1.23. The molecule has 0 unspecified atom stereocenters. The van der Waals surface area contributed by atoms with Crippen molar-refractivity contribution in [3.8, 4) is 0 Å². The second-order valence-electron chi connectivity index (χ2n) is 5.24. The van der Waals surface area contributed by atoms with E-state index in [9.17, 15) is 0 Å². The molecule has 0 saturated heterocycles. The molecule has 102 valence electrons. The third-order valence-corrected chi connectivity index (χ3v) is 3.16. The van der Waals surface area contributed by atoms with E-state index in [1.807, 2.05) is 0 Å². The van der Waals surface area contributed by atoms with Gasteiger partial charge in [0.15, 0.2) is 0 Å². The monoisotopic (exact) mass is 254 g/mol. The van der Waals surface area contributed by atoms with Crippen molar-refractivity contribution in [2.45, 2.75) is 47.0 Å². The molecule has 0 aliphatic rings. The average Bonchev–Trinajstić information content (AvgIpc) is 2.42. The standard InChI is InChI=1S/C11H16.C8H10/c1-3-4-5-11-8-6-10(2)7-9-11;1-7-3-5-8(2)6-4-7/h6-9H,3-5H2,1-2H3;3-6H,1-2H3. The predicted octanol–water partition coefficient (Wildman–Crippen LogP) is 5.64. The highest BCUT2D eigenvalue weighted by molar-refractivity contribution is 5.21. The molecule has 0 saturated carbocycles. The zero-order valence-corrected chi connectivity index (χ0v) is 12.7. The van der Waals surface area contributed by atoms with Crippen molar-refractivity contribution in [2.75, 3.05) is 0 Å². The van der Waals surface area contributed by atoms with Gasteiger partial charge in [0.05, 0.1) is 0 Å². The molecule has 0 atom stereocenters. The van der Waals surface area contributed by atoms with Crippen LogP contribution < -0.4 is 0 Å². The molecule has 0 N–H and O–H groups in total. The van der Waals surface area contributed by atoms with Crippen LogP contribution in [0.25, 0.3) is 0 Å². The van der Waals surface area contributed by atoms with Gasteiger partial charge in [-0.25, -0.2) is 0 Å². The molecule has 0 heterocycles. The molecule has 19 heavy (non-hydrogen) atoms. The molecule has 0 amide bonds. The van der Waals surface area contributed by atoms with Crippen LogP contribution in [0.15, 0.2) is 48.5 Å². The maximum Gasteiger partial charge on any atom is -0.0279 e. The molecule has 0 spiro atoms. The lowest BCUT2D eigenvalue weighted by molar-refractivity contribution is 0.795. The fourth-order valence-electron chi connectivity index (χ4n) is 1.77. The molecule has 0 heteroatoms. The summed E-state index contributed by atoms with van der Waals surface area (Å²) in [6, 6.07) is 17.3. The summed E-state index contributed by atoms with van der Waals surface area (Å²) in [6.07, 6.45) is 3.83. The van der Waals surface area contributed by atoms with E-state index in [0.29, 0.717) is 0 Å². The van der Waals surface area contributed by atoms with Crippen LogP contribution in [-0.2, 0) is 6.42 Å². The van der Waals surface area contributed by atoms with Gasteiger partial charge in [0.1, 0.15) is 0 Å². The highest BCUT2D eigenvalue weighted by Crippen LogP contribution is 2.06. The lowest BCUT2D eigenvalue weighted by Gasteiger charge is -1.99. The molecule has 0 aliphatic heterocycles. The van der Waals surface area contributed by atoms with Crippen LogP contribution in [0.1, 0.15) is 42.0 Å². The van der Waals surface area contributed by atoms with Crippen LogP contribution >= 0.6 is 0 Å². The first-order chi connectivity index (χ1) is 9.11. The summed E-state index contributed by atoms with van der Waals surface area (Å²) < 4.78 is 0. The normalized spacial score (nSPS) is 9.68. The summed E-state index contributed by atoms with van der Waals surface area (Å²) in [4.78, 5) is 0. The van der Waals surface area contributed by atoms with Crippen molar-refractivity contribution in [1.82, 2.24) is 0 Å². The molecule has 0 radical (unpaired) electrons. The van der Waals surface area contributed by atoms with Gasteiger partial charge in [0.25, 0.3) is 0 Å². The van der Waals surface area contributed by atoms with Crippen LogP contribution in [0.4, 0.5) is 0 Å². The number of rotatable bonds is 3. The average molecular weight is 254 g/mol. The zero-order chi connectivity index (χ0) is 14.1. The van der Waals surface area contributed by atoms with E-state index in [4.69, 9.17) is 0 Å². The van der Waals surface area contributed by atoms with Gasteiger partial charge in [-0.1, -0.05) is 78.6 Å². The third-order valence-electron chi connectivity index (χ3n) is 3.16. The lowest BCUT2D eigenvalue weighted by Crippen LogP contribution is -1.83. The Morgan fingerprint density at radius 1 is 0.632 bits per heavy atom. The van der Waals surface area contributed by atoms with Crippen molar-refractivity contribution in [3.05, 3.63) is 70.8 Å². The van der Waals surface area contributed by atoms with Crippen LogP contribution in [0, 0.1) is 20.8 Å². The fraction of sp³-hybridized carbons (Fsp3) is 0.368. The predicted molar refractivity (Wildman–Crippen MR) is 85.7 cm³/mol. The van der Waals surface area contributed by atoms with Gasteiger partial charge in [0, 0.05) is 0 Å². The van der Waals surface area contributed by atoms with E-state index in [1.54, 1.807) is 0 Å². The molecule has 0 nitrogen and oxygen atoms in total. The number of aryl methyl sites for hydroxylation is 4. The third kappa shape index (κ3) is 6.81. The molecule has 2 aromatic carbocycles. The largest absolute Gasteiger partial charge is 0.0654 e. The highest BCUT2D eigenvalue weighted by atomic mass is 14.0. The fourth-order valence-corrected chi connectivity index (χ4v) is 1.77. The van der Waals surface area contributed by atoms with Gasteiger partial charge < -0.3 is 0 Å². The Hall–Kier alpha value is -1.56. The minimum Gasteiger partial charge on any atom is -0.0654 e. The summed E-state index contributed by atoms with van der Waals surface area (Å²) in [5.74, 6) is 0. The zero-order valence-electron chi connectivity index (χ0n) is 12.7. The van der Waals surface area contributed by atoms with Crippen LogP contribution in [0.5, 0.6) is 0 Å². The van der Waals surface area contributed by atoms with E-state index in [-0.39, 0.29) is 0 Å². The SMILES string of the molecule is CCCCc1ccc(C)cc1.Cc1ccc(C)cc1. The molecule has 2 aromatic rings. The molecule has 0 aliphatic carbocycles. The Labute approximate surface area is 118 Å². The molecule has 0 fully saturated rings. The maximum atomic E-state index is 2.23. The number of unbranched alkanes of at least 4 members (excludes halogenated alkanes) is 1. The quantitative estimate of drug-likeness (QED) is 0.665. The second-order valence-corrected chi connectivity index (χ2v) is 5.24. The lowest BCUT2D eigenvalue weighted by atomic mass is 10.1. The van der Waals surface area contributed by atoms with Gasteiger partial charge in [-0.3, -0.25) is 0 Å². The number of benzene rings is 2. The van der Waals surface area contributed by atoms with Crippen molar-refractivity contribution in [3.63, 3.8) is 0 Å². The molecular weight excluding hydrogens is 228 g/mol. The molecule has 0 aromatic heterocycles. The second kappa shape index (κ2) is 8.53. The Balaban J connectivity index is 0.000000200. The van der Waals surface area contributed by atoms with E-state index in [1.165, 1.54) is 41.5 Å². The number of hydrogen-bond donors (Lipinski definition) is 0. The topological polar surface area (TPSA) is 0 Å². The molecular formula is C19H26. The van der Waals surface area contributed by atoms with E-state index < -0.39 is 0 Å². The van der Waals surface area contributed by atoms with Gasteiger partial charge in [0.2, 0.25) is 0 Å². The Morgan fingerprint density at radius 2 is 1.00 bits per heavy atom. The van der Waals surface area contributed by atoms with Crippen LogP contribution in [0.2, 0.25) is 0 Å². The Morgan fingerprint density at radius 3 is 1.37 bits per heavy atom. The van der Waals surface area contributed by atoms with Crippen molar-refractivity contribution in [2.24, 2.45) is 0 Å². The summed E-state index contributed by atoms with van der Waals surface area (Å²) in [5.41, 5.74) is 5.48. The maximum absolute atomic E-state index is 2.23. The van der Waals surface area contributed by atoms with Gasteiger partial charge in [-0.2, -0.15) is 0 Å². The van der Waals surface area contributed by atoms with Crippen molar-refractivity contribution >= 4 is 0 Å². The van der Waals surface area contributed by atoms with Gasteiger partial charge >= 0.3 is 0 Å². The van der Waals surface area contributed by atoms with Crippen LogP contribution in [-0.4, -0.2) is 0 Å². The first-order valence-electron chi connectivity index (χ1n) is 7.20. The Bertz CT molecular complexity index is 427. The van der Waals surface area contributed by atoms with Crippen molar-refractivity contribution in [1.29, 1.82) is 0 Å².